The largest absolute Gasteiger partial charge is 0.465 e. The van der Waals surface area contributed by atoms with Gasteiger partial charge in [-0.15, -0.1) is 0 Å². The summed E-state index contributed by atoms with van der Waals surface area (Å²) < 4.78 is 4.64. The molecule has 1 N–H and O–H groups in total. The van der Waals surface area contributed by atoms with E-state index in [0.717, 1.165) is 5.56 Å². The molecule has 1 amide bonds. The van der Waals surface area contributed by atoms with Crippen molar-refractivity contribution in [2.75, 3.05) is 12.4 Å². The normalized spacial score (nSPS) is 10.2. The molecule has 0 radical (unpaired) electrons. The van der Waals surface area contributed by atoms with Gasteiger partial charge in [0.2, 0.25) is 0 Å². The number of carbonyl (C=O) groups is 2. The Hall–Kier alpha value is -2.04. The van der Waals surface area contributed by atoms with E-state index in [2.05, 4.69) is 10.1 Å². The summed E-state index contributed by atoms with van der Waals surface area (Å²) in [4.78, 5) is 23.8. The Morgan fingerprint density at radius 3 is 2.41 bits per heavy atom. The van der Waals surface area contributed by atoms with Crippen LogP contribution < -0.4 is 5.32 Å². The number of hydrogen-bond acceptors (Lipinski definition) is 3. The van der Waals surface area contributed by atoms with Gasteiger partial charge in [0.15, 0.2) is 0 Å². The van der Waals surface area contributed by atoms with Crippen molar-refractivity contribution in [1.29, 1.82) is 0 Å². The van der Waals surface area contributed by atoms with E-state index in [1.165, 1.54) is 25.3 Å². The highest BCUT2D eigenvalue weighted by molar-refractivity contribution is 6.36. The summed E-state index contributed by atoms with van der Waals surface area (Å²) in [6, 6.07) is 9.60. The van der Waals surface area contributed by atoms with Crippen LogP contribution in [0.5, 0.6) is 0 Å². The van der Waals surface area contributed by atoms with Crippen LogP contribution in [-0.4, -0.2) is 19.0 Å². The van der Waals surface area contributed by atoms with Gasteiger partial charge < -0.3 is 10.1 Å². The Morgan fingerprint density at radius 1 is 1.05 bits per heavy atom. The third-order valence-corrected chi connectivity index (χ3v) is 3.65. The van der Waals surface area contributed by atoms with Crippen LogP contribution in [0, 0.1) is 6.92 Å². The number of esters is 1. The average Bonchev–Trinajstić information content (AvgIpc) is 2.48. The predicted octanol–water partition coefficient (Wildman–Crippen LogP) is 4.34. The average molecular weight is 338 g/mol. The molecule has 0 spiro atoms. The Bertz CT molecular complexity index is 744. The molecule has 0 bridgehead atoms. The molecular weight excluding hydrogens is 325 g/mol. The first kappa shape index (κ1) is 16.3. The van der Waals surface area contributed by atoms with Crippen LogP contribution in [0.25, 0.3) is 0 Å². The van der Waals surface area contributed by atoms with Crippen LogP contribution in [0.4, 0.5) is 5.69 Å². The second kappa shape index (κ2) is 6.81. The fourth-order valence-electron chi connectivity index (χ4n) is 1.86. The van der Waals surface area contributed by atoms with E-state index in [0.29, 0.717) is 21.3 Å². The maximum atomic E-state index is 12.3. The van der Waals surface area contributed by atoms with E-state index >= 15 is 0 Å². The van der Waals surface area contributed by atoms with E-state index in [1.807, 2.05) is 6.92 Å². The summed E-state index contributed by atoms with van der Waals surface area (Å²) in [5.74, 6) is -0.922. The molecule has 2 rings (SSSR count). The smallest absolute Gasteiger partial charge is 0.337 e. The van der Waals surface area contributed by atoms with Gasteiger partial charge in [-0.1, -0.05) is 29.3 Å². The molecule has 0 saturated carbocycles. The van der Waals surface area contributed by atoms with Crippen LogP contribution in [0.2, 0.25) is 10.0 Å². The number of benzene rings is 2. The number of nitrogens with one attached hydrogen (secondary N) is 1. The first-order valence-electron chi connectivity index (χ1n) is 6.37. The van der Waals surface area contributed by atoms with Crippen LogP contribution in [0.3, 0.4) is 0 Å². The summed E-state index contributed by atoms with van der Waals surface area (Å²) >= 11 is 12.1. The van der Waals surface area contributed by atoms with Crippen LogP contribution in [0.15, 0.2) is 36.4 Å². The lowest BCUT2D eigenvalue weighted by Gasteiger charge is -2.10. The van der Waals surface area contributed by atoms with Gasteiger partial charge in [0.05, 0.1) is 34.0 Å². The van der Waals surface area contributed by atoms with Gasteiger partial charge in [0, 0.05) is 0 Å². The zero-order valence-electron chi connectivity index (χ0n) is 11.9. The monoisotopic (exact) mass is 337 g/mol. The van der Waals surface area contributed by atoms with E-state index < -0.39 is 11.9 Å². The van der Waals surface area contributed by atoms with Gasteiger partial charge in [-0.3, -0.25) is 4.79 Å². The Labute approximate surface area is 138 Å². The molecule has 2 aromatic carbocycles. The van der Waals surface area contributed by atoms with Crippen molar-refractivity contribution in [3.05, 3.63) is 63.1 Å². The summed E-state index contributed by atoms with van der Waals surface area (Å²) in [5.41, 5.74) is 1.88. The molecule has 0 aromatic heterocycles. The third kappa shape index (κ3) is 3.59. The molecule has 2 aromatic rings. The molecule has 0 atom stereocenters. The zero-order valence-corrected chi connectivity index (χ0v) is 13.5. The van der Waals surface area contributed by atoms with Crippen molar-refractivity contribution < 1.29 is 14.3 Å². The fourth-order valence-corrected chi connectivity index (χ4v) is 2.35. The van der Waals surface area contributed by atoms with Gasteiger partial charge in [-0.2, -0.15) is 0 Å². The predicted molar refractivity (Wildman–Crippen MR) is 86.9 cm³/mol. The van der Waals surface area contributed by atoms with Gasteiger partial charge in [0.25, 0.3) is 5.91 Å². The molecule has 114 valence electrons. The Kier molecular flexibility index (Phi) is 5.06. The number of halogens is 2. The molecule has 0 unspecified atom stereocenters. The zero-order chi connectivity index (χ0) is 16.3. The highest BCUT2D eigenvalue weighted by Gasteiger charge is 2.14. The number of amides is 1. The quantitative estimate of drug-likeness (QED) is 0.847. The van der Waals surface area contributed by atoms with E-state index in [-0.39, 0.29) is 5.56 Å². The maximum absolute atomic E-state index is 12.3. The van der Waals surface area contributed by atoms with Gasteiger partial charge in [-0.25, -0.2) is 4.79 Å². The summed E-state index contributed by atoms with van der Waals surface area (Å²) in [5, 5.41) is 3.30. The van der Waals surface area contributed by atoms with Gasteiger partial charge in [-0.05, 0) is 42.8 Å². The van der Waals surface area contributed by atoms with E-state index in [1.54, 1.807) is 18.2 Å². The number of hydrogen-bond donors (Lipinski definition) is 1. The van der Waals surface area contributed by atoms with Crippen molar-refractivity contribution >= 4 is 40.8 Å². The number of anilines is 1. The highest BCUT2D eigenvalue weighted by Crippen LogP contribution is 2.25. The molecule has 22 heavy (non-hydrogen) atoms. The lowest BCUT2D eigenvalue weighted by atomic mass is 10.1. The molecule has 0 heterocycles. The van der Waals surface area contributed by atoms with Crippen molar-refractivity contribution in [2.45, 2.75) is 6.92 Å². The Morgan fingerprint density at radius 2 is 1.77 bits per heavy atom. The Balaban J connectivity index is 2.29. The number of rotatable bonds is 3. The topological polar surface area (TPSA) is 55.4 Å². The molecule has 0 fully saturated rings. The minimum Gasteiger partial charge on any atom is -0.465 e. The number of carbonyl (C=O) groups excluding carboxylic acids is 2. The molecule has 0 saturated heterocycles. The summed E-state index contributed by atoms with van der Waals surface area (Å²) in [6.07, 6.45) is 0. The van der Waals surface area contributed by atoms with Crippen LogP contribution in [-0.2, 0) is 4.74 Å². The number of ether oxygens (including phenoxy) is 1. The minimum atomic E-state index is -0.513. The van der Waals surface area contributed by atoms with Crippen molar-refractivity contribution in [2.24, 2.45) is 0 Å². The van der Waals surface area contributed by atoms with Crippen LogP contribution >= 0.6 is 23.2 Å². The van der Waals surface area contributed by atoms with E-state index in [4.69, 9.17) is 23.2 Å². The first-order valence-corrected chi connectivity index (χ1v) is 7.13. The summed E-state index contributed by atoms with van der Waals surface area (Å²) in [7, 11) is 1.28. The maximum Gasteiger partial charge on any atom is 0.337 e. The summed E-state index contributed by atoms with van der Waals surface area (Å²) in [6.45, 7) is 1.88. The third-order valence-electron chi connectivity index (χ3n) is 3.00. The van der Waals surface area contributed by atoms with Crippen molar-refractivity contribution in [1.82, 2.24) is 0 Å². The highest BCUT2D eigenvalue weighted by atomic mass is 35.5. The van der Waals surface area contributed by atoms with Crippen molar-refractivity contribution in [3.63, 3.8) is 0 Å². The molecule has 6 heteroatoms. The second-order valence-corrected chi connectivity index (χ2v) is 5.44. The molecule has 0 aliphatic carbocycles. The minimum absolute atomic E-state index is 0.289. The number of methoxy groups -OCH3 is 1. The van der Waals surface area contributed by atoms with Gasteiger partial charge in [0.1, 0.15) is 0 Å². The molecule has 0 aliphatic heterocycles. The van der Waals surface area contributed by atoms with Crippen molar-refractivity contribution in [3.8, 4) is 0 Å². The second-order valence-electron chi connectivity index (χ2n) is 4.62. The first-order chi connectivity index (χ1) is 10.4. The van der Waals surface area contributed by atoms with Gasteiger partial charge >= 0.3 is 5.97 Å². The number of aryl methyl sites for hydroxylation is 1. The molecule has 4 nitrogen and oxygen atoms in total. The fraction of sp³-hybridized carbons (Fsp3) is 0.125. The molecular formula is C16H13Cl2NO3. The van der Waals surface area contributed by atoms with Crippen LogP contribution in [0.1, 0.15) is 26.3 Å². The molecule has 0 aliphatic rings. The standard InChI is InChI=1S/C16H13Cl2NO3/c1-9-3-5-11(13(18)7-9)15(20)19-14-8-10(16(21)22-2)4-6-12(14)17/h3-8H,1-2H3,(H,19,20). The lowest BCUT2D eigenvalue weighted by molar-refractivity contribution is 0.0600. The lowest BCUT2D eigenvalue weighted by Crippen LogP contribution is -2.13. The SMILES string of the molecule is COC(=O)c1ccc(Cl)c(NC(=O)c2ccc(C)cc2Cl)c1. The van der Waals surface area contributed by atoms with E-state index in [9.17, 15) is 9.59 Å².